The van der Waals surface area contributed by atoms with Gasteiger partial charge in [-0.1, -0.05) is 0 Å². The monoisotopic (exact) mass is 99.1 g/mol. The third-order valence-electron chi connectivity index (χ3n) is 2.43. The van der Waals surface area contributed by atoms with Crippen LogP contribution in [0.2, 0.25) is 0 Å². The van der Waals surface area contributed by atoms with E-state index in [0.29, 0.717) is 12.1 Å². The molecule has 7 heavy (non-hydrogen) atoms. The first-order valence-electron chi connectivity index (χ1n) is 2.80. The molecule has 2 atom stereocenters. The fraction of sp³-hybridized carbons (Fsp3) is 1.00. The number of nitrogens with zero attached hydrogens (tertiary/aromatic N) is 1. The van der Waals surface area contributed by atoms with Gasteiger partial charge in [-0.3, -0.25) is 0 Å². The maximum Gasteiger partial charge on any atom is 0.142 e. The first kappa shape index (κ1) is 3.87. The Labute approximate surface area is 42.9 Å². The van der Waals surface area contributed by atoms with E-state index in [1.165, 1.54) is 12.8 Å². The second-order valence-corrected chi connectivity index (χ2v) is 2.77. The largest absolute Gasteiger partial charge is 0.632 e. The van der Waals surface area contributed by atoms with Gasteiger partial charge in [-0.25, -0.2) is 0 Å². The molecule has 2 fully saturated rings. The predicted octanol–water partition coefficient (Wildman–Crippen LogP) is 0.475. The highest BCUT2D eigenvalue weighted by Gasteiger charge is 2.64. The van der Waals surface area contributed by atoms with Gasteiger partial charge in [0.25, 0.3) is 0 Å². The van der Waals surface area contributed by atoms with Crippen LogP contribution in [0.3, 0.4) is 0 Å². The van der Waals surface area contributed by atoms with Gasteiger partial charge in [-0.15, -0.1) is 0 Å². The highest BCUT2D eigenvalue weighted by molar-refractivity contribution is 4.97. The van der Waals surface area contributed by atoms with Gasteiger partial charge < -0.3 is 9.85 Å². The third kappa shape index (κ3) is 0.254. The lowest BCUT2D eigenvalue weighted by Crippen LogP contribution is -2.10. The van der Waals surface area contributed by atoms with E-state index in [9.17, 15) is 5.21 Å². The molecule has 0 aromatic carbocycles. The summed E-state index contributed by atoms with van der Waals surface area (Å²) in [5, 5.41) is 10.9. The highest BCUT2D eigenvalue weighted by atomic mass is 16.6. The first-order valence-corrected chi connectivity index (χ1v) is 2.80. The molecular weight excluding hydrogens is 90.1 g/mol. The highest BCUT2D eigenvalue weighted by Crippen LogP contribution is 2.50. The second kappa shape index (κ2) is 0.740. The van der Waals surface area contributed by atoms with E-state index in [1.807, 2.05) is 0 Å². The van der Waals surface area contributed by atoms with Crippen molar-refractivity contribution < 1.29 is 4.65 Å². The Balaban J connectivity index is 2.18. The van der Waals surface area contributed by atoms with Gasteiger partial charge in [0.05, 0.1) is 7.05 Å². The average Bonchev–Trinajstić information content (AvgIpc) is 1.52. The lowest BCUT2D eigenvalue weighted by Gasteiger charge is -2.14. The Morgan fingerprint density at radius 1 is 1.43 bits per heavy atom. The molecule has 2 nitrogen and oxygen atoms in total. The van der Waals surface area contributed by atoms with E-state index in [-0.39, 0.29) is 4.65 Å². The molecule has 0 amide bonds. The minimum Gasteiger partial charge on any atom is -0.632 e. The molecule has 0 radical (unpaired) electrons. The number of likely N-dealkylation sites (N-methyl/N-ethyl adjacent to an activating group) is 1. The summed E-state index contributed by atoms with van der Waals surface area (Å²) < 4.78 is 0.0833. The second-order valence-electron chi connectivity index (χ2n) is 2.77. The van der Waals surface area contributed by atoms with E-state index in [2.05, 4.69) is 0 Å². The lowest BCUT2D eigenvalue weighted by molar-refractivity contribution is -0.741. The van der Waals surface area contributed by atoms with E-state index in [4.69, 9.17) is 0 Å². The number of hydrogen-bond donors (Lipinski definition) is 0. The Hall–Kier alpha value is -0.0800. The minimum absolute atomic E-state index is 0.0833. The molecule has 1 aliphatic carbocycles. The number of rotatable bonds is 0. The van der Waals surface area contributed by atoms with E-state index < -0.39 is 0 Å². The number of likely N-dealkylation sites (tertiary alicyclic amines) is 1. The quantitative estimate of drug-likeness (QED) is 0.246. The van der Waals surface area contributed by atoms with Crippen LogP contribution in [0, 0.1) is 5.21 Å². The van der Waals surface area contributed by atoms with Crippen molar-refractivity contribution in [2.24, 2.45) is 0 Å². The summed E-state index contributed by atoms with van der Waals surface area (Å²) in [7, 11) is 1.78. The summed E-state index contributed by atoms with van der Waals surface area (Å²) in [5.74, 6) is 0. The van der Waals surface area contributed by atoms with E-state index in [1.54, 1.807) is 7.05 Å². The Kier molecular flexibility index (Phi) is 0.408. The van der Waals surface area contributed by atoms with Gasteiger partial charge in [-0.2, -0.15) is 0 Å². The molecule has 0 aromatic heterocycles. The minimum atomic E-state index is 0.0833. The fourth-order valence-corrected chi connectivity index (χ4v) is 1.56. The molecule has 2 unspecified atom stereocenters. The van der Waals surface area contributed by atoms with Crippen LogP contribution in [0.1, 0.15) is 12.8 Å². The van der Waals surface area contributed by atoms with Crippen molar-refractivity contribution in [2.45, 2.75) is 24.9 Å². The maximum atomic E-state index is 10.9. The summed E-state index contributed by atoms with van der Waals surface area (Å²) in [6.07, 6.45) is 2.37. The summed E-state index contributed by atoms with van der Waals surface area (Å²) in [6, 6.07) is 1.06. The van der Waals surface area contributed by atoms with Crippen molar-refractivity contribution in [1.82, 2.24) is 0 Å². The number of fused-ring (bicyclic) bond motifs is 1. The van der Waals surface area contributed by atoms with Crippen LogP contribution in [0.25, 0.3) is 0 Å². The standard InChI is InChI=1S/C5H9NO/c1-6(7)4-2-3-5(4)6/h4-5H,2-3H2,1H3. The molecule has 2 aliphatic rings. The van der Waals surface area contributed by atoms with E-state index in [0.717, 1.165) is 0 Å². The molecular formula is C5H9NO. The van der Waals surface area contributed by atoms with Crippen LogP contribution in [0.5, 0.6) is 0 Å². The Morgan fingerprint density at radius 3 is 1.86 bits per heavy atom. The normalized spacial score (nSPS) is 66.0. The third-order valence-corrected chi connectivity index (χ3v) is 2.43. The molecule has 0 N–H and O–H groups in total. The van der Waals surface area contributed by atoms with Gasteiger partial charge in [-0.05, 0) is 0 Å². The molecule has 2 heteroatoms. The summed E-state index contributed by atoms with van der Waals surface area (Å²) in [5.41, 5.74) is 0. The fourth-order valence-electron chi connectivity index (χ4n) is 1.56. The van der Waals surface area contributed by atoms with Gasteiger partial charge in [0, 0.05) is 12.8 Å². The van der Waals surface area contributed by atoms with Crippen LogP contribution < -0.4 is 0 Å². The smallest absolute Gasteiger partial charge is 0.142 e. The summed E-state index contributed by atoms with van der Waals surface area (Å²) in [6.45, 7) is 0. The van der Waals surface area contributed by atoms with Crippen LogP contribution >= 0.6 is 0 Å². The molecule has 0 bridgehead atoms. The topological polar surface area (TPSA) is 23.1 Å². The summed E-state index contributed by atoms with van der Waals surface area (Å²) >= 11 is 0. The van der Waals surface area contributed by atoms with Crippen LogP contribution in [-0.2, 0) is 0 Å². The van der Waals surface area contributed by atoms with Crippen molar-refractivity contribution in [3.05, 3.63) is 5.21 Å². The SMILES string of the molecule is C[N+]1([O-])C2CCC21. The molecule has 0 aromatic rings. The molecule has 2 rings (SSSR count). The van der Waals surface area contributed by atoms with Crippen LogP contribution in [0.4, 0.5) is 0 Å². The van der Waals surface area contributed by atoms with Crippen molar-refractivity contribution in [2.75, 3.05) is 7.05 Å². The number of hydroxylamine groups is 3. The first-order chi connectivity index (χ1) is 3.23. The molecule has 1 saturated carbocycles. The van der Waals surface area contributed by atoms with Crippen molar-refractivity contribution in [3.8, 4) is 0 Å². The van der Waals surface area contributed by atoms with Gasteiger partial charge in [0.1, 0.15) is 12.1 Å². The summed E-state index contributed by atoms with van der Waals surface area (Å²) in [4.78, 5) is 0. The molecule has 40 valence electrons. The van der Waals surface area contributed by atoms with Crippen molar-refractivity contribution in [3.63, 3.8) is 0 Å². The molecule has 0 spiro atoms. The Morgan fingerprint density at radius 2 is 1.86 bits per heavy atom. The number of quaternary nitrogens is 1. The predicted molar refractivity (Wildman–Crippen MR) is 26.4 cm³/mol. The van der Waals surface area contributed by atoms with Gasteiger partial charge in [0.15, 0.2) is 0 Å². The average molecular weight is 99.1 g/mol. The molecule has 1 aliphatic heterocycles. The van der Waals surface area contributed by atoms with Gasteiger partial charge in [0.2, 0.25) is 0 Å². The number of hydrogen-bond acceptors (Lipinski definition) is 1. The van der Waals surface area contributed by atoms with Crippen molar-refractivity contribution in [1.29, 1.82) is 0 Å². The maximum absolute atomic E-state index is 10.9. The molecule has 1 saturated heterocycles. The zero-order valence-corrected chi connectivity index (χ0v) is 4.42. The zero-order valence-electron chi connectivity index (χ0n) is 4.42. The van der Waals surface area contributed by atoms with Crippen LogP contribution in [-0.4, -0.2) is 23.8 Å². The van der Waals surface area contributed by atoms with Crippen molar-refractivity contribution >= 4 is 0 Å². The Bertz CT molecular complexity index is 98.6. The lowest BCUT2D eigenvalue weighted by atomic mass is 10.0. The van der Waals surface area contributed by atoms with Gasteiger partial charge >= 0.3 is 0 Å². The van der Waals surface area contributed by atoms with E-state index >= 15 is 0 Å². The van der Waals surface area contributed by atoms with Crippen LogP contribution in [0.15, 0.2) is 0 Å². The molecule has 1 heterocycles. The zero-order chi connectivity index (χ0) is 5.07.